The molecule has 0 saturated heterocycles. The van der Waals surface area contributed by atoms with Gasteiger partial charge in [-0.1, -0.05) is 91.4 Å². The summed E-state index contributed by atoms with van der Waals surface area (Å²) >= 11 is 0. The first-order valence-corrected chi connectivity index (χ1v) is 12.3. The smallest absolute Gasteiger partial charge is 0.309 e. The number of rotatable bonds is 16. The van der Waals surface area contributed by atoms with Crippen LogP contribution in [0.4, 0.5) is 0 Å². The number of unbranched alkanes of at least 4 members (excludes halogenated alkanes) is 10. The number of hydrogen-bond donors (Lipinski definition) is 2. The van der Waals surface area contributed by atoms with Gasteiger partial charge in [0.25, 0.3) is 0 Å². The quantitative estimate of drug-likeness (QED) is 0.262. The standard InChI is InChI=1S/C25H46O4/c1-4-5-6-7-8-9-10-11-12-13-14-15-22-18-21(23(26)27)16-17-25(22,24(28)29)19-20(2)3/h20-22H,4-19H2,1-3H3,(H,26,27)(H,28,29). The molecule has 1 saturated carbocycles. The number of carboxylic acid groups (broad SMARTS) is 2. The van der Waals surface area contributed by atoms with E-state index in [-0.39, 0.29) is 11.8 Å². The predicted molar refractivity (Wildman–Crippen MR) is 119 cm³/mol. The molecule has 0 spiro atoms. The average Bonchev–Trinajstić information content (AvgIpc) is 2.66. The Morgan fingerprint density at radius 1 is 0.897 bits per heavy atom. The van der Waals surface area contributed by atoms with Crippen LogP contribution in [-0.4, -0.2) is 22.2 Å². The maximum Gasteiger partial charge on any atom is 0.309 e. The fourth-order valence-corrected chi connectivity index (χ4v) is 5.36. The minimum absolute atomic E-state index is 0.00387. The minimum Gasteiger partial charge on any atom is -0.481 e. The summed E-state index contributed by atoms with van der Waals surface area (Å²) in [5.41, 5.74) is -0.724. The third kappa shape index (κ3) is 9.09. The molecule has 1 rings (SSSR count). The summed E-state index contributed by atoms with van der Waals surface area (Å²) in [5.74, 6) is -1.52. The highest BCUT2D eigenvalue weighted by atomic mass is 16.4. The zero-order chi connectivity index (χ0) is 21.7. The van der Waals surface area contributed by atoms with Gasteiger partial charge in [-0.15, -0.1) is 0 Å². The molecule has 0 aromatic carbocycles. The van der Waals surface area contributed by atoms with E-state index in [1.807, 2.05) is 0 Å². The molecule has 1 fully saturated rings. The van der Waals surface area contributed by atoms with Gasteiger partial charge < -0.3 is 10.2 Å². The molecule has 170 valence electrons. The van der Waals surface area contributed by atoms with Crippen molar-refractivity contribution in [2.24, 2.45) is 23.2 Å². The van der Waals surface area contributed by atoms with Crippen molar-refractivity contribution in [1.29, 1.82) is 0 Å². The second-order valence-corrected chi connectivity index (χ2v) is 9.89. The van der Waals surface area contributed by atoms with Crippen LogP contribution in [0, 0.1) is 23.2 Å². The molecule has 0 aliphatic heterocycles. The molecule has 1 aliphatic carbocycles. The maximum atomic E-state index is 12.3. The van der Waals surface area contributed by atoms with Gasteiger partial charge in [0, 0.05) is 0 Å². The summed E-state index contributed by atoms with van der Waals surface area (Å²) in [7, 11) is 0. The molecule has 2 N–H and O–H groups in total. The molecule has 4 heteroatoms. The first-order chi connectivity index (χ1) is 13.8. The van der Waals surface area contributed by atoms with Crippen molar-refractivity contribution in [3.8, 4) is 0 Å². The van der Waals surface area contributed by atoms with Gasteiger partial charge in [0.05, 0.1) is 11.3 Å². The molecule has 3 atom stereocenters. The van der Waals surface area contributed by atoms with Crippen LogP contribution >= 0.6 is 0 Å². The lowest BCUT2D eigenvalue weighted by Crippen LogP contribution is -2.45. The van der Waals surface area contributed by atoms with Gasteiger partial charge in [-0.25, -0.2) is 0 Å². The van der Waals surface area contributed by atoms with E-state index in [0.29, 0.717) is 31.6 Å². The Morgan fingerprint density at radius 2 is 1.41 bits per heavy atom. The van der Waals surface area contributed by atoms with Crippen LogP contribution in [0.15, 0.2) is 0 Å². The van der Waals surface area contributed by atoms with Gasteiger partial charge in [0.15, 0.2) is 0 Å². The van der Waals surface area contributed by atoms with Crippen LogP contribution in [0.1, 0.15) is 124 Å². The lowest BCUT2D eigenvalue weighted by Gasteiger charge is -2.44. The SMILES string of the molecule is CCCCCCCCCCCCCC1CC(C(=O)O)CCC1(CC(C)C)C(=O)O. The van der Waals surface area contributed by atoms with E-state index in [2.05, 4.69) is 20.8 Å². The Balaban J connectivity index is 2.41. The number of carboxylic acids is 2. The monoisotopic (exact) mass is 410 g/mol. The predicted octanol–water partition coefficient (Wildman–Crippen LogP) is 7.31. The summed E-state index contributed by atoms with van der Waals surface area (Å²) in [6, 6.07) is 0. The third-order valence-electron chi connectivity index (χ3n) is 6.99. The third-order valence-corrected chi connectivity index (χ3v) is 6.99. The molecule has 0 heterocycles. The van der Waals surface area contributed by atoms with E-state index < -0.39 is 17.4 Å². The van der Waals surface area contributed by atoms with Gasteiger partial charge in [0.1, 0.15) is 0 Å². The van der Waals surface area contributed by atoms with E-state index in [4.69, 9.17) is 0 Å². The van der Waals surface area contributed by atoms with Crippen LogP contribution in [-0.2, 0) is 9.59 Å². The number of carbonyl (C=O) groups is 2. The Kier molecular flexibility index (Phi) is 12.6. The van der Waals surface area contributed by atoms with Gasteiger partial charge in [-0.3, -0.25) is 9.59 Å². The number of hydrogen-bond acceptors (Lipinski definition) is 2. The van der Waals surface area contributed by atoms with Crippen molar-refractivity contribution < 1.29 is 19.8 Å². The Labute approximate surface area is 178 Å². The molecule has 3 unspecified atom stereocenters. The van der Waals surface area contributed by atoms with E-state index in [1.54, 1.807) is 0 Å². The highest BCUT2D eigenvalue weighted by molar-refractivity contribution is 5.76. The molecule has 1 aliphatic rings. The second kappa shape index (κ2) is 14.0. The van der Waals surface area contributed by atoms with Gasteiger partial charge in [0.2, 0.25) is 0 Å². The normalized spacial score (nSPS) is 24.7. The van der Waals surface area contributed by atoms with Crippen LogP contribution in [0.3, 0.4) is 0 Å². The summed E-state index contributed by atoms with van der Waals surface area (Å²) < 4.78 is 0. The topological polar surface area (TPSA) is 74.6 Å². The lowest BCUT2D eigenvalue weighted by molar-refractivity contribution is -0.162. The lowest BCUT2D eigenvalue weighted by atomic mass is 9.59. The zero-order valence-corrected chi connectivity index (χ0v) is 19.3. The molecule has 29 heavy (non-hydrogen) atoms. The summed E-state index contributed by atoms with van der Waals surface area (Å²) in [4.78, 5) is 23.8. The van der Waals surface area contributed by atoms with Crippen molar-refractivity contribution >= 4 is 11.9 Å². The van der Waals surface area contributed by atoms with Crippen molar-refractivity contribution in [2.45, 2.75) is 124 Å². The Bertz CT molecular complexity index is 473. The Morgan fingerprint density at radius 3 is 1.86 bits per heavy atom. The minimum atomic E-state index is -0.752. The van der Waals surface area contributed by atoms with Crippen LogP contribution in [0.25, 0.3) is 0 Å². The molecular formula is C25H46O4. The molecule has 0 amide bonds. The molecule has 0 aromatic heterocycles. The second-order valence-electron chi connectivity index (χ2n) is 9.89. The molecular weight excluding hydrogens is 364 g/mol. The van der Waals surface area contributed by atoms with Crippen LogP contribution in [0.2, 0.25) is 0 Å². The van der Waals surface area contributed by atoms with Crippen molar-refractivity contribution in [3.63, 3.8) is 0 Å². The van der Waals surface area contributed by atoms with Crippen LogP contribution < -0.4 is 0 Å². The zero-order valence-electron chi connectivity index (χ0n) is 19.3. The average molecular weight is 411 g/mol. The summed E-state index contributed by atoms with van der Waals surface area (Å²) in [6.07, 6.45) is 17.1. The van der Waals surface area contributed by atoms with Crippen LogP contribution in [0.5, 0.6) is 0 Å². The van der Waals surface area contributed by atoms with E-state index >= 15 is 0 Å². The van der Waals surface area contributed by atoms with E-state index in [0.717, 1.165) is 19.3 Å². The van der Waals surface area contributed by atoms with Crippen molar-refractivity contribution in [3.05, 3.63) is 0 Å². The van der Waals surface area contributed by atoms with Gasteiger partial charge >= 0.3 is 11.9 Å². The molecule has 0 aromatic rings. The molecule has 4 nitrogen and oxygen atoms in total. The first kappa shape index (κ1) is 26.0. The van der Waals surface area contributed by atoms with E-state index in [9.17, 15) is 19.8 Å². The van der Waals surface area contributed by atoms with E-state index in [1.165, 1.54) is 57.8 Å². The fourth-order valence-electron chi connectivity index (χ4n) is 5.36. The maximum absolute atomic E-state index is 12.3. The highest BCUT2D eigenvalue weighted by Crippen LogP contribution is 2.50. The van der Waals surface area contributed by atoms with Crippen molar-refractivity contribution in [1.82, 2.24) is 0 Å². The number of aliphatic carboxylic acids is 2. The summed E-state index contributed by atoms with van der Waals surface area (Å²) in [5, 5.41) is 19.5. The first-order valence-electron chi connectivity index (χ1n) is 12.3. The summed E-state index contributed by atoms with van der Waals surface area (Å²) in [6.45, 7) is 6.40. The molecule has 0 bridgehead atoms. The van der Waals surface area contributed by atoms with Crippen molar-refractivity contribution in [2.75, 3.05) is 0 Å². The molecule has 0 radical (unpaired) electrons. The fraction of sp³-hybridized carbons (Fsp3) is 0.920. The highest BCUT2D eigenvalue weighted by Gasteiger charge is 2.50. The Hall–Kier alpha value is -1.06. The largest absolute Gasteiger partial charge is 0.481 e. The van der Waals surface area contributed by atoms with Gasteiger partial charge in [-0.2, -0.15) is 0 Å². The van der Waals surface area contributed by atoms with Gasteiger partial charge in [-0.05, 0) is 43.9 Å².